The van der Waals surface area contributed by atoms with Crippen molar-refractivity contribution in [2.45, 2.75) is 33.6 Å². The van der Waals surface area contributed by atoms with Crippen LogP contribution in [0.1, 0.15) is 32.8 Å². The number of benzene rings is 1. The second-order valence-corrected chi connectivity index (χ2v) is 5.87. The molecule has 0 saturated heterocycles. The van der Waals surface area contributed by atoms with Crippen LogP contribution in [0.15, 0.2) is 22.7 Å². The fraction of sp³-hybridized carbons (Fsp3) is 0.462. The monoisotopic (exact) mass is 286 g/mol. The van der Waals surface area contributed by atoms with Gasteiger partial charge >= 0.3 is 0 Å². The molecule has 0 radical (unpaired) electrons. The van der Waals surface area contributed by atoms with Crippen LogP contribution in [-0.2, 0) is 11.2 Å². The van der Waals surface area contributed by atoms with E-state index in [1.54, 1.807) is 0 Å². The molecule has 0 aliphatic rings. The van der Waals surface area contributed by atoms with E-state index in [2.05, 4.69) is 15.9 Å². The normalized spacial score (nSPS) is 11.6. The number of aryl methyl sites for hydroxylation is 1. The van der Waals surface area contributed by atoms with E-state index in [0.717, 1.165) is 5.56 Å². The Kier molecular flexibility index (Phi) is 4.25. The summed E-state index contributed by atoms with van der Waals surface area (Å²) in [6.45, 7) is 5.70. The standard InChI is InChI=1S/C13H16BrFO/c1-13(2,3)12(16)5-4-9-6-10(14)8-11(15)7-9/h6-8H,4-5H2,1-3H3. The van der Waals surface area contributed by atoms with Crippen molar-refractivity contribution in [3.05, 3.63) is 34.1 Å². The molecule has 1 aromatic rings. The Morgan fingerprint density at radius 2 is 1.94 bits per heavy atom. The minimum atomic E-state index is -0.315. The fourth-order valence-corrected chi connectivity index (χ4v) is 1.90. The molecule has 0 atom stereocenters. The second kappa shape index (κ2) is 5.09. The zero-order valence-electron chi connectivity index (χ0n) is 9.81. The van der Waals surface area contributed by atoms with Crippen molar-refractivity contribution in [3.63, 3.8) is 0 Å². The smallest absolute Gasteiger partial charge is 0.138 e. The van der Waals surface area contributed by atoms with Gasteiger partial charge in [0.15, 0.2) is 0 Å². The van der Waals surface area contributed by atoms with Crippen molar-refractivity contribution in [2.24, 2.45) is 5.41 Å². The molecule has 0 saturated carbocycles. The molecule has 1 rings (SSSR count). The molecule has 0 aromatic heterocycles. The molecule has 0 bridgehead atoms. The summed E-state index contributed by atoms with van der Waals surface area (Å²) in [7, 11) is 0. The molecule has 3 heteroatoms. The average molecular weight is 287 g/mol. The van der Waals surface area contributed by atoms with Gasteiger partial charge in [-0.05, 0) is 30.2 Å². The highest BCUT2D eigenvalue weighted by molar-refractivity contribution is 9.10. The molecule has 16 heavy (non-hydrogen) atoms. The minimum Gasteiger partial charge on any atom is -0.299 e. The van der Waals surface area contributed by atoms with Gasteiger partial charge in [0, 0.05) is 16.3 Å². The Labute approximate surface area is 104 Å². The van der Waals surface area contributed by atoms with Crippen LogP contribution in [0.3, 0.4) is 0 Å². The third kappa shape index (κ3) is 4.05. The molecule has 88 valence electrons. The van der Waals surface area contributed by atoms with Gasteiger partial charge in [-0.3, -0.25) is 4.79 Å². The van der Waals surface area contributed by atoms with Crippen molar-refractivity contribution in [1.29, 1.82) is 0 Å². The van der Waals surface area contributed by atoms with E-state index in [9.17, 15) is 9.18 Å². The first-order valence-corrected chi connectivity index (χ1v) is 6.06. The number of ketones is 1. The topological polar surface area (TPSA) is 17.1 Å². The average Bonchev–Trinajstić information content (AvgIpc) is 2.11. The van der Waals surface area contributed by atoms with E-state index < -0.39 is 0 Å². The largest absolute Gasteiger partial charge is 0.299 e. The number of carbonyl (C=O) groups is 1. The molecule has 1 nitrogen and oxygen atoms in total. The Hall–Kier alpha value is -0.700. The van der Waals surface area contributed by atoms with Gasteiger partial charge in [0.25, 0.3) is 0 Å². The lowest BCUT2D eigenvalue weighted by Crippen LogP contribution is -2.20. The molecule has 0 aliphatic carbocycles. The number of hydrogen-bond donors (Lipinski definition) is 0. The molecule has 0 unspecified atom stereocenters. The molecule has 0 heterocycles. The van der Waals surface area contributed by atoms with E-state index in [-0.39, 0.29) is 17.0 Å². The molecule has 0 spiro atoms. The van der Waals surface area contributed by atoms with Crippen LogP contribution in [0.25, 0.3) is 0 Å². The number of halogens is 2. The van der Waals surface area contributed by atoms with Gasteiger partial charge in [0.1, 0.15) is 11.6 Å². The van der Waals surface area contributed by atoms with Gasteiger partial charge < -0.3 is 0 Å². The van der Waals surface area contributed by atoms with Gasteiger partial charge in [0.05, 0.1) is 0 Å². The quantitative estimate of drug-likeness (QED) is 0.816. The highest BCUT2D eigenvalue weighted by Crippen LogP contribution is 2.20. The maximum absolute atomic E-state index is 13.1. The van der Waals surface area contributed by atoms with E-state index in [1.165, 1.54) is 12.1 Å². The first-order valence-electron chi connectivity index (χ1n) is 5.27. The Bertz CT molecular complexity index is 373. The lowest BCUT2D eigenvalue weighted by Gasteiger charge is -2.16. The fourth-order valence-electron chi connectivity index (χ4n) is 1.39. The maximum atomic E-state index is 13.1. The first kappa shape index (κ1) is 13.4. The SMILES string of the molecule is CC(C)(C)C(=O)CCc1cc(F)cc(Br)c1. The summed E-state index contributed by atoms with van der Waals surface area (Å²) in [6.07, 6.45) is 1.05. The van der Waals surface area contributed by atoms with Gasteiger partial charge in [-0.25, -0.2) is 4.39 Å². The summed E-state index contributed by atoms with van der Waals surface area (Å²) in [5, 5.41) is 0. The summed E-state index contributed by atoms with van der Waals surface area (Å²) >= 11 is 3.23. The van der Waals surface area contributed by atoms with Crippen LogP contribution in [0.4, 0.5) is 4.39 Å². The van der Waals surface area contributed by atoms with Crippen LogP contribution in [0, 0.1) is 11.2 Å². The Morgan fingerprint density at radius 3 is 2.44 bits per heavy atom. The van der Waals surface area contributed by atoms with Crippen molar-refractivity contribution < 1.29 is 9.18 Å². The Balaban J connectivity index is 2.65. The van der Waals surface area contributed by atoms with Crippen LogP contribution < -0.4 is 0 Å². The van der Waals surface area contributed by atoms with Gasteiger partial charge in [-0.1, -0.05) is 36.7 Å². The number of Topliss-reactive ketones (excluding diaryl/α,β-unsaturated/α-hetero) is 1. The van der Waals surface area contributed by atoms with Crippen molar-refractivity contribution >= 4 is 21.7 Å². The minimum absolute atomic E-state index is 0.202. The second-order valence-electron chi connectivity index (χ2n) is 4.95. The molecule has 0 fully saturated rings. The van der Waals surface area contributed by atoms with E-state index in [1.807, 2.05) is 26.8 Å². The number of hydrogen-bond acceptors (Lipinski definition) is 1. The van der Waals surface area contributed by atoms with Crippen LogP contribution >= 0.6 is 15.9 Å². The van der Waals surface area contributed by atoms with Gasteiger partial charge in [-0.2, -0.15) is 0 Å². The van der Waals surface area contributed by atoms with Crippen LogP contribution in [0.2, 0.25) is 0 Å². The van der Waals surface area contributed by atoms with E-state index >= 15 is 0 Å². The molecule has 0 N–H and O–H groups in total. The molecule has 1 aromatic carbocycles. The summed E-state index contributed by atoms with van der Waals surface area (Å²) in [5.41, 5.74) is 0.536. The van der Waals surface area contributed by atoms with E-state index in [4.69, 9.17) is 0 Å². The van der Waals surface area contributed by atoms with E-state index in [0.29, 0.717) is 17.3 Å². The number of carbonyl (C=O) groups excluding carboxylic acids is 1. The summed E-state index contributed by atoms with van der Waals surface area (Å²) in [6, 6.07) is 4.73. The first-order chi connectivity index (χ1) is 7.29. The van der Waals surface area contributed by atoms with Crippen LogP contribution in [0.5, 0.6) is 0 Å². The predicted octanol–water partition coefficient (Wildman–Crippen LogP) is 4.14. The predicted molar refractivity (Wildman–Crippen MR) is 66.9 cm³/mol. The van der Waals surface area contributed by atoms with Crippen molar-refractivity contribution in [1.82, 2.24) is 0 Å². The Morgan fingerprint density at radius 1 is 1.31 bits per heavy atom. The molecule has 0 amide bonds. The zero-order valence-corrected chi connectivity index (χ0v) is 11.4. The molecular formula is C13H16BrFO. The summed E-state index contributed by atoms with van der Waals surface area (Å²) in [4.78, 5) is 11.7. The highest BCUT2D eigenvalue weighted by atomic mass is 79.9. The maximum Gasteiger partial charge on any atom is 0.138 e. The van der Waals surface area contributed by atoms with Crippen LogP contribution in [-0.4, -0.2) is 5.78 Å². The third-order valence-corrected chi connectivity index (χ3v) is 2.86. The third-order valence-electron chi connectivity index (χ3n) is 2.40. The lowest BCUT2D eigenvalue weighted by molar-refractivity contribution is -0.126. The van der Waals surface area contributed by atoms with Gasteiger partial charge in [-0.15, -0.1) is 0 Å². The van der Waals surface area contributed by atoms with Crippen molar-refractivity contribution in [2.75, 3.05) is 0 Å². The zero-order chi connectivity index (χ0) is 12.3. The summed E-state index contributed by atoms with van der Waals surface area (Å²) < 4.78 is 13.8. The molecule has 0 aliphatic heterocycles. The molecular weight excluding hydrogens is 271 g/mol. The number of rotatable bonds is 3. The lowest BCUT2D eigenvalue weighted by atomic mass is 9.87. The van der Waals surface area contributed by atoms with Crippen molar-refractivity contribution in [3.8, 4) is 0 Å². The highest BCUT2D eigenvalue weighted by Gasteiger charge is 2.20. The summed E-state index contributed by atoms with van der Waals surface area (Å²) in [5.74, 6) is -0.0690. The van der Waals surface area contributed by atoms with Gasteiger partial charge in [0.2, 0.25) is 0 Å².